The highest BCUT2D eigenvalue weighted by Gasteiger charge is 2.09. The summed E-state index contributed by atoms with van der Waals surface area (Å²) in [6, 6.07) is 11.9. The van der Waals surface area contributed by atoms with E-state index in [1.54, 1.807) is 24.2 Å². The van der Waals surface area contributed by atoms with Crippen LogP contribution in [0.1, 0.15) is 18.6 Å². The predicted molar refractivity (Wildman–Crippen MR) is 77.5 cm³/mol. The topological polar surface area (TPSA) is 42.4 Å². The van der Waals surface area contributed by atoms with E-state index in [0.717, 1.165) is 10.5 Å². The number of hydrogen-bond donors (Lipinski definition) is 1. The SMILES string of the molecule is CCOc1cncc(C(O)CSc2ccccc2)c1. The molecule has 0 radical (unpaired) electrons. The van der Waals surface area contributed by atoms with Gasteiger partial charge in [-0.1, -0.05) is 18.2 Å². The van der Waals surface area contributed by atoms with Crippen molar-refractivity contribution in [3.05, 3.63) is 54.4 Å². The van der Waals surface area contributed by atoms with Gasteiger partial charge in [-0.3, -0.25) is 4.98 Å². The third-order valence-corrected chi connectivity index (χ3v) is 3.67. The van der Waals surface area contributed by atoms with Gasteiger partial charge in [-0.05, 0) is 25.1 Å². The lowest BCUT2D eigenvalue weighted by atomic mass is 10.2. The molecule has 0 aliphatic rings. The third-order valence-electron chi connectivity index (χ3n) is 2.58. The summed E-state index contributed by atoms with van der Waals surface area (Å²) in [5.41, 5.74) is 0.786. The fourth-order valence-corrected chi connectivity index (χ4v) is 2.54. The fraction of sp³-hybridized carbons (Fsp3) is 0.267. The third kappa shape index (κ3) is 4.26. The van der Waals surface area contributed by atoms with Gasteiger partial charge in [0.25, 0.3) is 0 Å². The van der Waals surface area contributed by atoms with Crippen molar-refractivity contribution in [3.63, 3.8) is 0 Å². The molecule has 100 valence electrons. The van der Waals surface area contributed by atoms with Gasteiger partial charge in [0.05, 0.1) is 18.9 Å². The van der Waals surface area contributed by atoms with Crippen LogP contribution >= 0.6 is 11.8 Å². The second-order valence-electron chi connectivity index (χ2n) is 4.03. The molecule has 0 saturated carbocycles. The fourth-order valence-electron chi connectivity index (χ4n) is 1.65. The number of ether oxygens (including phenoxy) is 1. The van der Waals surface area contributed by atoms with E-state index in [9.17, 15) is 5.11 Å². The molecule has 2 rings (SSSR count). The molecule has 0 aliphatic heterocycles. The number of nitrogens with zero attached hydrogens (tertiary/aromatic N) is 1. The molecule has 1 heterocycles. The molecule has 2 aromatic rings. The minimum absolute atomic E-state index is 0.543. The average molecular weight is 275 g/mol. The number of aromatic nitrogens is 1. The molecular formula is C15H17NO2S. The Hall–Kier alpha value is -1.52. The van der Waals surface area contributed by atoms with Gasteiger partial charge in [0.1, 0.15) is 5.75 Å². The Kier molecular flexibility index (Phi) is 5.24. The molecule has 0 fully saturated rings. The lowest BCUT2D eigenvalue weighted by Gasteiger charge is -2.11. The summed E-state index contributed by atoms with van der Waals surface area (Å²) in [5, 5.41) is 10.2. The molecule has 1 atom stereocenters. The van der Waals surface area contributed by atoms with Crippen LogP contribution in [-0.2, 0) is 0 Å². The van der Waals surface area contributed by atoms with E-state index in [4.69, 9.17) is 4.74 Å². The van der Waals surface area contributed by atoms with E-state index in [-0.39, 0.29) is 0 Å². The van der Waals surface area contributed by atoms with E-state index in [1.165, 1.54) is 0 Å². The van der Waals surface area contributed by atoms with Crippen molar-refractivity contribution in [2.45, 2.75) is 17.9 Å². The molecule has 0 amide bonds. The van der Waals surface area contributed by atoms with Gasteiger partial charge >= 0.3 is 0 Å². The number of benzene rings is 1. The highest BCUT2D eigenvalue weighted by Crippen LogP contribution is 2.25. The summed E-state index contributed by atoms with van der Waals surface area (Å²) in [6.07, 6.45) is 2.79. The summed E-state index contributed by atoms with van der Waals surface area (Å²) in [7, 11) is 0. The minimum Gasteiger partial charge on any atom is -0.492 e. The normalized spacial score (nSPS) is 12.1. The van der Waals surface area contributed by atoms with Crippen molar-refractivity contribution in [3.8, 4) is 5.75 Å². The standard InChI is InChI=1S/C15H17NO2S/c1-2-18-13-8-12(9-16-10-13)15(17)11-19-14-6-4-3-5-7-14/h3-10,15,17H,2,11H2,1H3. The van der Waals surface area contributed by atoms with Gasteiger partial charge < -0.3 is 9.84 Å². The number of aliphatic hydroxyl groups is 1. The maximum atomic E-state index is 10.2. The molecule has 3 nitrogen and oxygen atoms in total. The number of pyridine rings is 1. The molecule has 4 heteroatoms. The van der Waals surface area contributed by atoms with Crippen LogP contribution in [0.15, 0.2) is 53.7 Å². The first-order valence-electron chi connectivity index (χ1n) is 6.23. The number of aliphatic hydroxyl groups excluding tert-OH is 1. The second-order valence-corrected chi connectivity index (χ2v) is 5.12. The monoisotopic (exact) mass is 275 g/mol. The Morgan fingerprint density at radius 1 is 1.26 bits per heavy atom. The lowest BCUT2D eigenvalue weighted by Crippen LogP contribution is -2.02. The molecular weight excluding hydrogens is 258 g/mol. The molecule has 0 saturated heterocycles. The summed E-state index contributed by atoms with van der Waals surface area (Å²) in [5.74, 6) is 1.30. The van der Waals surface area contributed by atoms with Crippen LogP contribution in [-0.4, -0.2) is 22.5 Å². The smallest absolute Gasteiger partial charge is 0.137 e. The summed E-state index contributed by atoms with van der Waals surface area (Å²) in [6.45, 7) is 2.52. The zero-order valence-corrected chi connectivity index (χ0v) is 11.6. The average Bonchev–Trinajstić information content (AvgIpc) is 2.46. The first-order chi connectivity index (χ1) is 9.29. The summed E-state index contributed by atoms with van der Waals surface area (Å²) < 4.78 is 5.38. The molecule has 0 spiro atoms. The van der Waals surface area contributed by atoms with Crippen molar-refractivity contribution >= 4 is 11.8 Å². The Morgan fingerprint density at radius 2 is 2.05 bits per heavy atom. The van der Waals surface area contributed by atoms with E-state index in [2.05, 4.69) is 4.98 Å². The Morgan fingerprint density at radius 3 is 2.79 bits per heavy atom. The second kappa shape index (κ2) is 7.16. The maximum Gasteiger partial charge on any atom is 0.137 e. The highest BCUT2D eigenvalue weighted by molar-refractivity contribution is 7.99. The molecule has 1 N–H and O–H groups in total. The van der Waals surface area contributed by atoms with Gasteiger partial charge in [0.2, 0.25) is 0 Å². The van der Waals surface area contributed by atoms with Crippen LogP contribution in [0.5, 0.6) is 5.75 Å². The summed E-state index contributed by atoms with van der Waals surface area (Å²) in [4.78, 5) is 5.23. The van der Waals surface area contributed by atoms with Crippen molar-refractivity contribution in [1.82, 2.24) is 4.98 Å². The highest BCUT2D eigenvalue weighted by atomic mass is 32.2. The first kappa shape index (κ1) is 13.9. The van der Waals surface area contributed by atoms with Crippen LogP contribution in [0.2, 0.25) is 0 Å². The van der Waals surface area contributed by atoms with Gasteiger partial charge in [-0.2, -0.15) is 0 Å². The van der Waals surface area contributed by atoms with E-state index in [0.29, 0.717) is 18.1 Å². The molecule has 0 aliphatic carbocycles. The van der Waals surface area contributed by atoms with Crippen LogP contribution in [0, 0.1) is 0 Å². The van der Waals surface area contributed by atoms with Gasteiger partial charge in [-0.15, -0.1) is 11.8 Å². The van der Waals surface area contributed by atoms with Crippen LogP contribution in [0.25, 0.3) is 0 Å². The summed E-state index contributed by atoms with van der Waals surface area (Å²) >= 11 is 1.62. The van der Waals surface area contributed by atoms with Crippen LogP contribution < -0.4 is 4.74 Å². The Balaban J connectivity index is 1.95. The Bertz CT molecular complexity index is 505. The van der Waals surface area contributed by atoms with Crippen LogP contribution in [0.4, 0.5) is 0 Å². The van der Waals surface area contributed by atoms with Crippen molar-refractivity contribution < 1.29 is 9.84 Å². The minimum atomic E-state index is -0.543. The quantitative estimate of drug-likeness (QED) is 0.821. The molecule has 0 bridgehead atoms. The van der Waals surface area contributed by atoms with Crippen molar-refractivity contribution in [2.75, 3.05) is 12.4 Å². The van der Waals surface area contributed by atoms with E-state index >= 15 is 0 Å². The van der Waals surface area contributed by atoms with Crippen LogP contribution in [0.3, 0.4) is 0 Å². The molecule has 1 unspecified atom stereocenters. The number of hydrogen-bond acceptors (Lipinski definition) is 4. The zero-order valence-electron chi connectivity index (χ0n) is 10.8. The molecule has 1 aromatic heterocycles. The number of rotatable bonds is 6. The maximum absolute atomic E-state index is 10.2. The van der Waals surface area contributed by atoms with Crippen molar-refractivity contribution in [2.24, 2.45) is 0 Å². The van der Waals surface area contributed by atoms with Gasteiger partial charge in [0.15, 0.2) is 0 Å². The lowest BCUT2D eigenvalue weighted by molar-refractivity contribution is 0.203. The predicted octanol–water partition coefficient (Wildman–Crippen LogP) is 3.31. The van der Waals surface area contributed by atoms with Gasteiger partial charge in [-0.25, -0.2) is 0 Å². The zero-order chi connectivity index (χ0) is 13.5. The van der Waals surface area contributed by atoms with E-state index in [1.807, 2.05) is 43.3 Å². The molecule has 1 aromatic carbocycles. The number of thioether (sulfide) groups is 1. The van der Waals surface area contributed by atoms with E-state index < -0.39 is 6.10 Å². The first-order valence-corrected chi connectivity index (χ1v) is 7.22. The largest absolute Gasteiger partial charge is 0.492 e. The molecule has 19 heavy (non-hydrogen) atoms. The Labute approximate surface area is 117 Å². The van der Waals surface area contributed by atoms with Gasteiger partial charge in [0, 0.05) is 22.4 Å². The van der Waals surface area contributed by atoms with Crippen molar-refractivity contribution in [1.29, 1.82) is 0 Å².